The number of nitrogens with one attached hydrogen (secondary N) is 1. The van der Waals surface area contributed by atoms with Crippen molar-refractivity contribution in [3.05, 3.63) is 16.4 Å². The Morgan fingerprint density at radius 2 is 1.78 bits per heavy atom. The van der Waals surface area contributed by atoms with Gasteiger partial charge in [-0.15, -0.1) is 0 Å². The van der Waals surface area contributed by atoms with Crippen molar-refractivity contribution in [1.82, 2.24) is 24.9 Å². The molecule has 0 radical (unpaired) electrons. The molecule has 0 aliphatic carbocycles. The smallest absolute Gasteiger partial charge is 0.131 e. The third-order valence-electron chi connectivity index (χ3n) is 4.87. The number of hydrogen-bond donors (Lipinski definition) is 1. The summed E-state index contributed by atoms with van der Waals surface area (Å²) in [7, 11) is 4.10. The molecular weight excluding hydrogens is 310 g/mol. The van der Waals surface area contributed by atoms with Gasteiger partial charge in [0, 0.05) is 57.4 Å². The molecule has 2 rings (SSSR count). The number of halogens is 1. The summed E-state index contributed by atoms with van der Waals surface area (Å²) in [4.78, 5) is 4.97. The summed E-state index contributed by atoms with van der Waals surface area (Å²) in [6.45, 7) is 15.2. The van der Waals surface area contributed by atoms with Gasteiger partial charge in [-0.3, -0.25) is 9.58 Å². The fraction of sp³-hybridized carbons (Fsp3) is 0.824. The van der Waals surface area contributed by atoms with Gasteiger partial charge >= 0.3 is 0 Å². The highest BCUT2D eigenvalue weighted by Gasteiger charge is 2.29. The topological polar surface area (TPSA) is 36.3 Å². The van der Waals surface area contributed by atoms with E-state index in [0.29, 0.717) is 5.92 Å². The second-order valence-corrected chi connectivity index (χ2v) is 8.00. The molecular formula is C17H32ClN5. The summed E-state index contributed by atoms with van der Waals surface area (Å²) < 4.78 is 1.78. The van der Waals surface area contributed by atoms with Crippen molar-refractivity contribution >= 4 is 11.6 Å². The van der Waals surface area contributed by atoms with Crippen LogP contribution in [0.25, 0.3) is 0 Å². The third kappa shape index (κ3) is 4.47. The van der Waals surface area contributed by atoms with Crippen molar-refractivity contribution in [2.45, 2.75) is 45.7 Å². The Bertz CT molecular complexity index is 515. The van der Waals surface area contributed by atoms with Gasteiger partial charge < -0.3 is 10.2 Å². The molecule has 0 amide bonds. The van der Waals surface area contributed by atoms with Crippen LogP contribution in [-0.2, 0) is 13.6 Å². The molecule has 0 unspecified atom stereocenters. The lowest BCUT2D eigenvalue weighted by atomic mass is 10.0. The van der Waals surface area contributed by atoms with Crippen molar-refractivity contribution in [3.63, 3.8) is 0 Å². The summed E-state index contributed by atoms with van der Waals surface area (Å²) >= 11 is 6.42. The van der Waals surface area contributed by atoms with Crippen LogP contribution < -0.4 is 5.32 Å². The molecule has 0 bridgehead atoms. The van der Waals surface area contributed by atoms with Gasteiger partial charge in [-0.25, -0.2) is 0 Å². The molecule has 1 saturated heterocycles. The van der Waals surface area contributed by atoms with Crippen molar-refractivity contribution < 1.29 is 0 Å². The summed E-state index contributed by atoms with van der Waals surface area (Å²) in [6, 6.07) is 0. The van der Waals surface area contributed by atoms with E-state index in [9.17, 15) is 0 Å². The average Bonchev–Trinajstić information content (AvgIpc) is 2.76. The summed E-state index contributed by atoms with van der Waals surface area (Å²) in [5.74, 6) is 0.385. The molecule has 0 aromatic carbocycles. The Morgan fingerprint density at radius 3 is 2.35 bits per heavy atom. The molecule has 1 aromatic heterocycles. The first-order valence-corrected chi connectivity index (χ1v) is 8.95. The average molecular weight is 342 g/mol. The first-order valence-electron chi connectivity index (χ1n) is 8.58. The number of aromatic nitrogens is 2. The summed E-state index contributed by atoms with van der Waals surface area (Å²) in [5.41, 5.74) is 2.38. The molecule has 0 atom stereocenters. The molecule has 5 nitrogen and oxygen atoms in total. The predicted molar refractivity (Wildman–Crippen MR) is 97.2 cm³/mol. The van der Waals surface area contributed by atoms with E-state index in [1.54, 1.807) is 4.68 Å². The van der Waals surface area contributed by atoms with Crippen molar-refractivity contribution in [1.29, 1.82) is 0 Å². The molecule has 132 valence electrons. The first kappa shape index (κ1) is 18.7. The van der Waals surface area contributed by atoms with Crippen LogP contribution in [0.5, 0.6) is 0 Å². The fourth-order valence-corrected chi connectivity index (χ4v) is 3.41. The minimum atomic E-state index is 0.147. The second-order valence-electron chi connectivity index (χ2n) is 7.64. The Labute approximate surface area is 146 Å². The molecule has 1 aliphatic rings. The highest BCUT2D eigenvalue weighted by atomic mass is 35.5. The minimum absolute atomic E-state index is 0.147. The maximum atomic E-state index is 6.42. The molecule has 1 fully saturated rings. The fourth-order valence-electron chi connectivity index (χ4n) is 3.21. The van der Waals surface area contributed by atoms with Gasteiger partial charge in [-0.05, 0) is 26.8 Å². The van der Waals surface area contributed by atoms with Gasteiger partial charge in [-0.2, -0.15) is 5.10 Å². The zero-order valence-corrected chi connectivity index (χ0v) is 16.2. The molecule has 2 heterocycles. The van der Waals surface area contributed by atoms with Crippen LogP contribution in [0, 0.1) is 0 Å². The Balaban J connectivity index is 1.94. The Morgan fingerprint density at radius 1 is 1.17 bits per heavy atom. The monoisotopic (exact) mass is 341 g/mol. The molecule has 1 aliphatic heterocycles. The van der Waals surface area contributed by atoms with E-state index in [1.165, 1.54) is 0 Å². The van der Waals surface area contributed by atoms with Crippen molar-refractivity contribution in [2.24, 2.45) is 7.05 Å². The number of piperazine rings is 1. The van der Waals surface area contributed by atoms with E-state index in [0.717, 1.165) is 55.7 Å². The van der Waals surface area contributed by atoms with Crippen LogP contribution in [0.2, 0.25) is 5.15 Å². The molecule has 0 spiro atoms. The standard InChI is InChI=1S/C17H32ClN5/c1-13(2)15-14(16(18)22(6)20-15)11-19-12-17(3,4)23-9-7-21(5)8-10-23/h13,19H,7-12H2,1-6H3. The largest absolute Gasteiger partial charge is 0.311 e. The number of likely N-dealkylation sites (N-methyl/N-ethyl adjacent to an activating group) is 1. The maximum Gasteiger partial charge on any atom is 0.131 e. The molecule has 1 aromatic rings. The lowest BCUT2D eigenvalue weighted by Crippen LogP contribution is -2.57. The van der Waals surface area contributed by atoms with Gasteiger partial charge in [0.15, 0.2) is 0 Å². The van der Waals surface area contributed by atoms with E-state index in [4.69, 9.17) is 11.6 Å². The highest BCUT2D eigenvalue weighted by Crippen LogP contribution is 2.25. The highest BCUT2D eigenvalue weighted by molar-refractivity contribution is 6.30. The number of rotatable bonds is 6. The normalized spacial score (nSPS) is 18.1. The van der Waals surface area contributed by atoms with E-state index in [2.05, 4.69) is 55.0 Å². The van der Waals surface area contributed by atoms with Crippen LogP contribution >= 0.6 is 11.6 Å². The zero-order valence-electron chi connectivity index (χ0n) is 15.5. The minimum Gasteiger partial charge on any atom is -0.311 e. The van der Waals surface area contributed by atoms with Gasteiger partial charge in [0.25, 0.3) is 0 Å². The summed E-state index contributed by atoms with van der Waals surface area (Å²) in [6.07, 6.45) is 0. The van der Waals surface area contributed by atoms with E-state index < -0.39 is 0 Å². The predicted octanol–water partition coefficient (Wildman–Crippen LogP) is 2.31. The number of nitrogens with zero attached hydrogens (tertiary/aromatic N) is 4. The van der Waals surface area contributed by atoms with Crippen LogP contribution in [-0.4, -0.2) is 64.9 Å². The lowest BCUT2D eigenvalue weighted by molar-refractivity contribution is 0.0618. The molecule has 1 N–H and O–H groups in total. The Kier molecular flexibility index (Phi) is 6.11. The van der Waals surface area contributed by atoms with E-state index in [1.807, 2.05) is 7.05 Å². The van der Waals surface area contributed by atoms with Crippen LogP contribution in [0.3, 0.4) is 0 Å². The van der Waals surface area contributed by atoms with Gasteiger partial charge in [-0.1, -0.05) is 25.4 Å². The van der Waals surface area contributed by atoms with Crippen LogP contribution in [0.15, 0.2) is 0 Å². The molecule has 23 heavy (non-hydrogen) atoms. The zero-order chi connectivity index (χ0) is 17.2. The van der Waals surface area contributed by atoms with Crippen LogP contribution in [0.1, 0.15) is 44.9 Å². The second kappa shape index (κ2) is 7.51. The number of hydrogen-bond acceptors (Lipinski definition) is 4. The summed E-state index contributed by atoms with van der Waals surface area (Å²) in [5, 5.41) is 8.91. The van der Waals surface area contributed by atoms with Crippen molar-refractivity contribution in [3.8, 4) is 0 Å². The number of aryl methyl sites for hydroxylation is 1. The van der Waals surface area contributed by atoms with E-state index in [-0.39, 0.29) is 5.54 Å². The van der Waals surface area contributed by atoms with Gasteiger partial charge in [0.2, 0.25) is 0 Å². The quantitative estimate of drug-likeness (QED) is 0.861. The van der Waals surface area contributed by atoms with Crippen molar-refractivity contribution in [2.75, 3.05) is 39.8 Å². The first-order chi connectivity index (χ1) is 10.7. The molecule has 0 saturated carbocycles. The SMILES string of the molecule is CC(C)c1nn(C)c(Cl)c1CNCC(C)(C)N1CCN(C)CC1. The van der Waals surface area contributed by atoms with Gasteiger partial charge in [0.05, 0.1) is 5.69 Å². The Hall–Kier alpha value is -0.620. The maximum absolute atomic E-state index is 6.42. The molecule has 6 heteroatoms. The van der Waals surface area contributed by atoms with Gasteiger partial charge in [0.1, 0.15) is 5.15 Å². The van der Waals surface area contributed by atoms with E-state index >= 15 is 0 Å². The third-order valence-corrected chi connectivity index (χ3v) is 5.34. The van der Waals surface area contributed by atoms with Crippen LogP contribution in [0.4, 0.5) is 0 Å². The lowest BCUT2D eigenvalue weighted by Gasteiger charge is -2.43.